The molecule has 35 heavy (non-hydrogen) atoms. The van der Waals surface area contributed by atoms with Crippen molar-refractivity contribution in [3.63, 3.8) is 0 Å². The van der Waals surface area contributed by atoms with Gasteiger partial charge in [-0.3, -0.25) is 14.2 Å². The molecule has 0 radical (unpaired) electrons. The molecule has 1 aliphatic heterocycles. The van der Waals surface area contributed by atoms with Crippen LogP contribution in [0.1, 0.15) is 17.0 Å². The normalized spacial score (nSPS) is 15.4. The molecule has 0 aliphatic carbocycles. The van der Waals surface area contributed by atoms with Gasteiger partial charge in [0.15, 0.2) is 0 Å². The molecule has 176 valence electrons. The molecule has 0 fully saturated rings. The predicted octanol–water partition coefficient (Wildman–Crippen LogP) is 1.43. The number of nitrogens with one attached hydrogen (secondary N) is 1. The number of thiazole rings is 1. The Morgan fingerprint density at radius 2 is 1.91 bits per heavy atom. The van der Waals surface area contributed by atoms with Gasteiger partial charge in [0, 0.05) is 17.6 Å². The highest BCUT2D eigenvalue weighted by molar-refractivity contribution is 7.07. The zero-order valence-electron chi connectivity index (χ0n) is 18.4. The predicted molar refractivity (Wildman–Crippen MR) is 133 cm³/mol. The molecule has 0 saturated carbocycles. The van der Waals surface area contributed by atoms with Crippen molar-refractivity contribution in [2.75, 3.05) is 7.11 Å². The molecule has 0 spiro atoms. The summed E-state index contributed by atoms with van der Waals surface area (Å²) in [5, 5.41) is 13.2. The van der Waals surface area contributed by atoms with Crippen LogP contribution in [-0.2, 0) is 20.9 Å². The van der Waals surface area contributed by atoms with Crippen molar-refractivity contribution >= 4 is 52.3 Å². The molecule has 1 aromatic heterocycles. The van der Waals surface area contributed by atoms with Crippen LogP contribution in [0.2, 0.25) is 5.02 Å². The number of amides is 1. The largest absolute Gasteiger partial charge is 0.466 e. The first-order chi connectivity index (χ1) is 16.9. The van der Waals surface area contributed by atoms with Gasteiger partial charge in [0.05, 0.1) is 30.2 Å². The van der Waals surface area contributed by atoms with E-state index in [0.29, 0.717) is 10.6 Å². The van der Waals surface area contributed by atoms with Crippen molar-refractivity contribution in [3.8, 4) is 6.07 Å². The van der Waals surface area contributed by atoms with Crippen LogP contribution < -0.4 is 25.8 Å². The highest BCUT2D eigenvalue weighted by atomic mass is 35.5. The van der Waals surface area contributed by atoms with Crippen LogP contribution in [0.4, 0.5) is 0 Å². The summed E-state index contributed by atoms with van der Waals surface area (Å²) in [6.07, 6.45) is 1.03. The SMILES string of the molecule is COC(=O)/C=c1\sc2n(c1=O)C(N)=C(C#N)[C@H](c1ccccc1Cl)C=2C(=O)NCc1ccccc1. The summed E-state index contributed by atoms with van der Waals surface area (Å²) in [6, 6.07) is 18.2. The van der Waals surface area contributed by atoms with Crippen molar-refractivity contribution < 1.29 is 14.3 Å². The van der Waals surface area contributed by atoms with Gasteiger partial charge in [-0.15, -0.1) is 11.3 Å². The first kappa shape index (κ1) is 24.0. The van der Waals surface area contributed by atoms with Crippen molar-refractivity contribution in [2.45, 2.75) is 12.5 Å². The number of fused-ring (bicyclic) bond motifs is 1. The fourth-order valence-electron chi connectivity index (χ4n) is 3.83. The minimum absolute atomic E-state index is 0.0000193. The van der Waals surface area contributed by atoms with Crippen molar-refractivity contribution in [1.29, 1.82) is 5.26 Å². The quantitative estimate of drug-likeness (QED) is 0.504. The van der Waals surface area contributed by atoms with Gasteiger partial charge >= 0.3 is 5.97 Å². The van der Waals surface area contributed by atoms with Crippen LogP contribution in [0.5, 0.6) is 0 Å². The smallest absolute Gasteiger partial charge is 0.332 e. The number of nitrogens with zero attached hydrogens (tertiary/aromatic N) is 2. The van der Waals surface area contributed by atoms with E-state index in [0.717, 1.165) is 27.5 Å². The van der Waals surface area contributed by atoms with Crippen LogP contribution in [-0.4, -0.2) is 23.6 Å². The summed E-state index contributed by atoms with van der Waals surface area (Å²) in [4.78, 5) is 38.6. The molecule has 1 aliphatic rings. The number of carbonyl (C=O) groups excluding carboxylic acids is 2. The molecule has 2 heterocycles. The molecule has 1 atom stereocenters. The monoisotopic (exact) mass is 506 g/mol. The number of hydrogen-bond donors (Lipinski definition) is 2. The number of carbonyl (C=O) groups is 2. The lowest BCUT2D eigenvalue weighted by molar-refractivity contribution is -0.133. The van der Waals surface area contributed by atoms with Gasteiger partial charge < -0.3 is 15.8 Å². The molecular formula is C25H19ClN4O4S. The maximum absolute atomic E-state index is 13.6. The molecule has 1 amide bonds. The highest BCUT2D eigenvalue weighted by Gasteiger charge is 2.36. The van der Waals surface area contributed by atoms with Crippen molar-refractivity contribution in [1.82, 2.24) is 9.88 Å². The van der Waals surface area contributed by atoms with E-state index in [1.165, 1.54) is 7.11 Å². The van der Waals surface area contributed by atoms with E-state index in [1.807, 2.05) is 30.3 Å². The number of ether oxygens (including phenoxy) is 1. The number of nitrogens with two attached hydrogens (primary N) is 1. The molecule has 8 nitrogen and oxygen atoms in total. The molecule has 0 saturated heterocycles. The number of esters is 1. The number of nitriles is 1. The first-order valence-electron chi connectivity index (χ1n) is 10.4. The van der Waals surface area contributed by atoms with E-state index in [2.05, 4.69) is 16.1 Å². The summed E-state index contributed by atoms with van der Waals surface area (Å²) in [5.41, 5.74) is 7.15. The van der Waals surface area contributed by atoms with Gasteiger partial charge in [0.25, 0.3) is 11.5 Å². The third kappa shape index (κ3) is 4.49. The minimum atomic E-state index is -0.923. The number of allylic oxidation sites excluding steroid dienone is 1. The third-order valence-corrected chi connectivity index (χ3v) is 6.93. The molecule has 3 aromatic rings. The van der Waals surface area contributed by atoms with Gasteiger partial charge in [0.1, 0.15) is 15.0 Å². The number of hydrogen-bond acceptors (Lipinski definition) is 7. The fraction of sp³-hybridized carbons (Fsp3) is 0.120. The topological polar surface area (TPSA) is 127 Å². The number of rotatable bonds is 5. The third-order valence-electron chi connectivity index (χ3n) is 5.48. The second kappa shape index (κ2) is 10.0. The lowest BCUT2D eigenvalue weighted by Crippen LogP contribution is -2.42. The van der Waals surface area contributed by atoms with E-state index in [1.54, 1.807) is 24.3 Å². The van der Waals surface area contributed by atoms with Gasteiger partial charge in [-0.1, -0.05) is 60.1 Å². The average Bonchev–Trinajstić information content (AvgIpc) is 3.19. The van der Waals surface area contributed by atoms with Gasteiger partial charge in [-0.25, -0.2) is 4.79 Å². The van der Waals surface area contributed by atoms with E-state index < -0.39 is 23.4 Å². The highest BCUT2D eigenvalue weighted by Crippen LogP contribution is 2.39. The Hall–Kier alpha value is -4.13. The Kier molecular flexibility index (Phi) is 6.87. The number of halogens is 1. The van der Waals surface area contributed by atoms with E-state index in [-0.39, 0.29) is 32.7 Å². The molecule has 10 heteroatoms. The number of aromatic nitrogens is 1. The lowest BCUT2D eigenvalue weighted by atomic mass is 9.83. The number of methoxy groups -OCH3 is 1. The van der Waals surface area contributed by atoms with Crippen molar-refractivity contribution in [2.24, 2.45) is 5.73 Å². The zero-order valence-corrected chi connectivity index (χ0v) is 20.0. The first-order valence-corrected chi connectivity index (χ1v) is 11.6. The van der Waals surface area contributed by atoms with E-state index in [9.17, 15) is 19.6 Å². The maximum atomic E-state index is 13.6. The Morgan fingerprint density at radius 3 is 2.57 bits per heavy atom. The molecular weight excluding hydrogens is 488 g/mol. The molecule has 0 unspecified atom stereocenters. The van der Waals surface area contributed by atoms with Crippen molar-refractivity contribution in [3.05, 3.63) is 95.9 Å². The maximum Gasteiger partial charge on any atom is 0.332 e. The van der Waals surface area contributed by atoms with Gasteiger partial charge in [-0.2, -0.15) is 5.26 Å². The van der Waals surface area contributed by atoms with Crippen LogP contribution in [0.15, 0.2) is 65.0 Å². The zero-order chi connectivity index (χ0) is 25.1. The molecule has 3 N–H and O–H groups in total. The molecule has 2 aromatic carbocycles. The summed E-state index contributed by atoms with van der Waals surface area (Å²) in [7, 11) is 1.19. The summed E-state index contributed by atoms with van der Waals surface area (Å²) < 4.78 is 5.95. The fourth-order valence-corrected chi connectivity index (χ4v) is 5.21. The van der Waals surface area contributed by atoms with Crippen LogP contribution >= 0.6 is 22.9 Å². The average molecular weight is 507 g/mol. The van der Waals surface area contributed by atoms with Gasteiger partial charge in [0.2, 0.25) is 0 Å². The molecule has 0 bridgehead atoms. The second-order valence-electron chi connectivity index (χ2n) is 7.53. The molecule has 4 rings (SSSR count). The van der Waals surface area contributed by atoms with Crippen LogP contribution in [0.3, 0.4) is 0 Å². The van der Waals surface area contributed by atoms with E-state index >= 15 is 0 Å². The second-order valence-corrected chi connectivity index (χ2v) is 8.96. The number of benzene rings is 2. The Bertz CT molecular complexity index is 1580. The summed E-state index contributed by atoms with van der Waals surface area (Å²) in [6.45, 7) is 0.219. The standard InChI is InChI=1S/C25H19ClN4O4S/c1-34-19(31)11-18-24(33)30-22(28)16(12-27)20(15-9-5-6-10-17(15)26)21(25(30)35-18)23(32)29-13-14-7-3-2-4-8-14/h2-11,20H,13,28H2,1H3,(H,29,32)/b18-11-/t20-/m0/s1. The van der Waals surface area contributed by atoms with Crippen LogP contribution in [0.25, 0.3) is 17.5 Å². The summed E-state index contributed by atoms with van der Waals surface area (Å²) in [5.74, 6) is -2.29. The Balaban J connectivity index is 2.00. The van der Waals surface area contributed by atoms with Gasteiger partial charge in [-0.05, 0) is 17.2 Å². The minimum Gasteiger partial charge on any atom is -0.466 e. The lowest BCUT2D eigenvalue weighted by Gasteiger charge is -2.26. The Morgan fingerprint density at radius 1 is 1.23 bits per heavy atom. The summed E-state index contributed by atoms with van der Waals surface area (Å²) >= 11 is 7.39. The van der Waals surface area contributed by atoms with E-state index in [4.69, 9.17) is 17.3 Å². The Labute approximate surface area is 208 Å². The van der Waals surface area contributed by atoms with Crippen LogP contribution in [0, 0.1) is 11.3 Å².